The van der Waals surface area contributed by atoms with Crippen LogP contribution >= 0.6 is 15.9 Å². The SMILES string of the molecule is COC(=O)C1=Cc2ccccc2CN1c1ccc([N+](=O)[O-])cc1Br. The number of ether oxygens (including phenoxy) is 1. The Morgan fingerprint density at radius 3 is 2.71 bits per heavy atom. The van der Waals surface area contributed by atoms with Gasteiger partial charge in [0.05, 0.1) is 17.7 Å². The average Bonchev–Trinajstić information content (AvgIpc) is 2.59. The number of hydrogen-bond donors (Lipinski definition) is 0. The number of nitrogens with zero attached hydrogens (tertiary/aromatic N) is 2. The maximum absolute atomic E-state index is 12.2. The van der Waals surface area contributed by atoms with Crippen LogP contribution in [0.1, 0.15) is 11.1 Å². The van der Waals surface area contributed by atoms with E-state index in [0.717, 1.165) is 11.1 Å². The smallest absolute Gasteiger partial charge is 0.354 e. The van der Waals surface area contributed by atoms with Crippen LogP contribution in [0.15, 0.2) is 52.6 Å². The average molecular weight is 389 g/mol. The number of anilines is 1. The molecule has 6 nitrogen and oxygen atoms in total. The largest absolute Gasteiger partial charge is 0.464 e. The molecular weight excluding hydrogens is 376 g/mol. The molecule has 0 amide bonds. The van der Waals surface area contributed by atoms with Gasteiger partial charge in [-0.3, -0.25) is 10.1 Å². The van der Waals surface area contributed by atoms with E-state index in [9.17, 15) is 14.9 Å². The number of nitro benzene ring substituents is 1. The van der Waals surface area contributed by atoms with Gasteiger partial charge in [-0.1, -0.05) is 24.3 Å². The summed E-state index contributed by atoms with van der Waals surface area (Å²) in [6.07, 6.45) is 1.76. The molecule has 2 aromatic carbocycles. The molecule has 0 aromatic heterocycles. The van der Waals surface area contributed by atoms with Crippen molar-refractivity contribution < 1.29 is 14.5 Å². The highest BCUT2D eigenvalue weighted by molar-refractivity contribution is 9.10. The van der Waals surface area contributed by atoms with Gasteiger partial charge in [0.2, 0.25) is 0 Å². The third kappa shape index (κ3) is 2.90. The molecule has 0 fully saturated rings. The van der Waals surface area contributed by atoms with E-state index in [0.29, 0.717) is 22.4 Å². The van der Waals surface area contributed by atoms with E-state index in [1.807, 2.05) is 24.3 Å². The van der Waals surface area contributed by atoms with E-state index in [4.69, 9.17) is 4.74 Å². The summed E-state index contributed by atoms with van der Waals surface area (Å²) < 4.78 is 5.42. The van der Waals surface area contributed by atoms with Crippen LogP contribution in [-0.4, -0.2) is 18.0 Å². The topological polar surface area (TPSA) is 72.7 Å². The molecule has 0 saturated heterocycles. The Hall–Kier alpha value is -2.67. The highest BCUT2D eigenvalue weighted by Crippen LogP contribution is 2.36. The Labute approximate surface area is 146 Å². The zero-order chi connectivity index (χ0) is 17.3. The zero-order valence-electron chi connectivity index (χ0n) is 12.7. The molecule has 0 unspecified atom stereocenters. The lowest BCUT2D eigenvalue weighted by Gasteiger charge is -2.31. The second kappa shape index (κ2) is 6.45. The molecule has 0 radical (unpaired) electrons. The first-order valence-corrected chi connectivity index (χ1v) is 7.90. The number of fused-ring (bicyclic) bond motifs is 1. The Kier molecular flexibility index (Phi) is 4.35. The van der Waals surface area contributed by atoms with Gasteiger partial charge in [-0.2, -0.15) is 0 Å². The summed E-state index contributed by atoms with van der Waals surface area (Å²) in [5.74, 6) is -0.463. The van der Waals surface area contributed by atoms with Crippen molar-refractivity contribution in [1.29, 1.82) is 0 Å². The molecule has 0 aliphatic carbocycles. The number of non-ortho nitro benzene ring substituents is 1. The lowest BCUT2D eigenvalue weighted by atomic mass is 10.0. The molecule has 0 bridgehead atoms. The fourth-order valence-electron chi connectivity index (χ4n) is 2.62. The van der Waals surface area contributed by atoms with Gasteiger partial charge in [0, 0.05) is 23.2 Å². The number of benzene rings is 2. The summed E-state index contributed by atoms with van der Waals surface area (Å²) in [4.78, 5) is 24.4. The Bertz CT molecular complexity index is 863. The number of esters is 1. The van der Waals surface area contributed by atoms with Crippen molar-refractivity contribution >= 4 is 39.4 Å². The molecule has 0 spiro atoms. The third-order valence-corrected chi connectivity index (χ3v) is 4.43. The summed E-state index contributed by atoms with van der Waals surface area (Å²) >= 11 is 3.36. The minimum absolute atomic E-state index is 0.0216. The number of carbonyl (C=O) groups is 1. The van der Waals surface area contributed by atoms with Crippen LogP contribution in [0, 0.1) is 10.1 Å². The van der Waals surface area contributed by atoms with Crippen LogP contribution in [0.2, 0.25) is 0 Å². The second-order valence-electron chi connectivity index (χ2n) is 5.20. The maximum Gasteiger partial charge on any atom is 0.354 e. The summed E-state index contributed by atoms with van der Waals surface area (Å²) in [6, 6.07) is 12.2. The number of halogens is 1. The number of methoxy groups -OCH3 is 1. The van der Waals surface area contributed by atoms with Crippen LogP contribution in [0.5, 0.6) is 0 Å². The third-order valence-electron chi connectivity index (χ3n) is 3.79. The molecule has 0 saturated carbocycles. The molecule has 2 aromatic rings. The Balaban J connectivity index is 2.09. The molecule has 122 valence electrons. The molecule has 0 N–H and O–H groups in total. The molecule has 0 atom stereocenters. The van der Waals surface area contributed by atoms with Crippen LogP contribution in [0.3, 0.4) is 0 Å². The summed E-state index contributed by atoms with van der Waals surface area (Å²) in [6.45, 7) is 0.466. The lowest BCUT2D eigenvalue weighted by molar-refractivity contribution is -0.384. The Morgan fingerprint density at radius 2 is 2.04 bits per heavy atom. The monoisotopic (exact) mass is 388 g/mol. The maximum atomic E-state index is 12.2. The van der Waals surface area contributed by atoms with Crippen LogP contribution in [0.4, 0.5) is 11.4 Å². The van der Waals surface area contributed by atoms with E-state index in [1.54, 1.807) is 17.0 Å². The first-order valence-electron chi connectivity index (χ1n) is 7.10. The number of carbonyl (C=O) groups excluding carboxylic acids is 1. The van der Waals surface area contributed by atoms with Gasteiger partial charge >= 0.3 is 5.97 Å². The van der Waals surface area contributed by atoms with Gasteiger partial charge in [-0.25, -0.2) is 4.79 Å². The number of nitro groups is 1. The molecular formula is C17H13BrN2O4. The van der Waals surface area contributed by atoms with Crippen molar-refractivity contribution in [3.8, 4) is 0 Å². The van der Waals surface area contributed by atoms with E-state index in [2.05, 4.69) is 15.9 Å². The van der Waals surface area contributed by atoms with Crippen molar-refractivity contribution in [2.24, 2.45) is 0 Å². The minimum atomic E-state index is -0.463. The molecule has 24 heavy (non-hydrogen) atoms. The summed E-state index contributed by atoms with van der Waals surface area (Å²) in [5.41, 5.74) is 3.02. The fraction of sp³-hybridized carbons (Fsp3) is 0.118. The van der Waals surface area contributed by atoms with E-state index in [1.165, 1.54) is 19.2 Å². The number of rotatable bonds is 3. The highest BCUT2D eigenvalue weighted by atomic mass is 79.9. The first-order chi connectivity index (χ1) is 11.5. The quantitative estimate of drug-likeness (QED) is 0.453. The van der Waals surface area contributed by atoms with Gasteiger partial charge in [0.1, 0.15) is 5.70 Å². The van der Waals surface area contributed by atoms with E-state index >= 15 is 0 Å². The molecule has 1 aliphatic heterocycles. The lowest BCUT2D eigenvalue weighted by Crippen LogP contribution is -2.30. The van der Waals surface area contributed by atoms with E-state index in [-0.39, 0.29) is 5.69 Å². The van der Waals surface area contributed by atoms with Crippen molar-refractivity contribution in [2.75, 3.05) is 12.0 Å². The van der Waals surface area contributed by atoms with Crippen LogP contribution < -0.4 is 4.90 Å². The standard InChI is InChI=1S/C17H13BrN2O4/c1-24-17(21)16-8-11-4-2-3-5-12(11)10-19(16)15-7-6-13(20(22)23)9-14(15)18/h2-9H,10H2,1H3. The van der Waals surface area contributed by atoms with Crippen molar-refractivity contribution in [3.05, 3.63) is 73.9 Å². The zero-order valence-corrected chi connectivity index (χ0v) is 14.3. The van der Waals surface area contributed by atoms with Gasteiger partial charge in [0.15, 0.2) is 0 Å². The van der Waals surface area contributed by atoms with Crippen LogP contribution in [-0.2, 0) is 16.1 Å². The van der Waals surface area contributed by atoms with Gasteiger partial charge < -0.3 is 9.64 Å². The predicted molar refractivity (Wildman–Crippen MR) is 93.4 cm³/mol. The van der Waals surface area contributed by atoms with Crippen LogP contribution in [0.25, 0.3) is 6.08 Å². The summed E-state index contributed by atoms with van der Waals surface area (Å²) in [7, 11) is 1.33. The normalized spacial score (nSPS) is 13.1. The first kappa shape index (κ1) is 16.2. The number of hydrogen-bond acceptors (Lipinski definition) is 5. The van der Waals surface area contributed by atoms with E-state index < -0.39 is 10.9 Å². The van der Waals surface area contributed by atoms with Gasteiger partial charge in [-0.15, -0.1) is 0 Å². The van der Waals surface area contributed by atoms with Gasteiger partial charge in [0.25, 0.3) is 5.69 Å². The van der Waals surface area contributed by atoms with Gasteiger partial charge in [-0.05, 0) is 39.2 Å². The molecule has 3 rings (SSSR count). The van der Waals surface area contributed by atoms with Crippen molar-refractivity contribution in [1.82, 2.24) is 0 Å². The fourth-order valence-corrected chi connectivity index (χ4v) is 3.20. The summed E-state index contributed by atoms with van der Waals surface area (Å²) in [5, 5.41) is 10.9. The highest BCUT2D eigenvalue weighted by Gasteiger charge is 2.27. The minimum Gasteiger partial charge on any atom is -0.464 e. The second-order valence-corrected chi connectivity index (χ2v) is 6.05. The Morgan fingerprint density at radius 1 is 1.29 bits per heavy atom. The molecule has 1 heterocycles. The van der Waals surface area contributed by atoms with Crippen molar-refractivity contribution in [3.63, 3.8) is 0 Å². The van der Waals surface area contributed by atoms with Crippen molar-refractivity contribution in [2.45, 2.75) is 6.54 Å². The molecule has 1 aliphatic rings. The predicted octanol–water partition coefficient (Wildman–Crippen LogP) is 3.89. The molecule has 7 heteroatoms.